The second-order valence-electron chi connectivity index (χ2n) is 7.55. The second-order valence-corrected chi connectivity index (χ2v) is 7.98. The molecule has 1 unspecified atom stereocenters. The van der Waals surface area contributed by atoms with Crippen molar-refractivity contribution in [2.75, 3.05) is 19.1 Å². The Labute approximate surface area is 196 Å². The van der Waals surface area contributed by atoms with Gasteiger partial charge in [0.2, 0.25) is 0 Å². The number of amides is 1. The maximum Gasteiger partial charge on any atom is 0.300 e. The van der Waals surface area contributed by atoms with Crippen LogP contribution in [0.25, 0.3) is 5.76 Å². The summed E-state index contributed by atoms with van der Waals surface area (Å²) in [5.74, 6) is -1.33. The highest BCUT2D eigenvalue weighted by Crippen LogP contribution is 2.46. The number of carbonyl (C=O) groups is 2. The van der Waals surface area contributed by atoms with Crippen LogP contribution >= 0.6 is 11.6 Å². The molecule has 3 aromatic rings. The molecule has 1 N–H and O–H groups in total. The fourth-order valence-corrected chi connectivity index (χ4v) is 4.26. The van der Waals surface area contributed by atoms with Crippen LogP contribution in [0.15, 0.2) is 72.3 Å². The summed E-state index contributed by atoms with van der Waals surface area (Å²) in [6, 6.07) is 18.3. The minimum Gasteiger partial charge on any atom is -0.506 e. The summed E-state index contributed by atoms with van der Waals surface area (Å²) in [5, 5.41) is 11.9. The predicted molar refractivity (Wildman–Crippen MR) is 127 cm³/mol. The van der Waals surface area contributed by atoms with E-state index in [-0.39, 0.29) is 16.9 Å². The average molecular weight is 464 g/mol. The zero-order chi connectivity index (χ0) is 23.7. The van der Waals surface area contributed by atoms with Gasteiger partial charge in [0.1, 0.15) is 22.8 Å². The van der Waals surface area contributed by atoms with Crippen LogP contribution in [0.2, 0.25) is 5.02 Å². The summed E-state index contributed by atoms with van der Waals surface area (Å²) in [7, 11) is 2.91. The summed E-state index contributed by atoms with van der Waals surface area (Å²) in [5.41, 5.74) is 2.05. The minimum absolute atomic E-state index is 0.0617. The van der Waals surface area contributed by atoms with Gasteiger partial charge in [0.25, 0.3) is 11.7 Å². The fraction of sp³-hybridized carbons (Fsp3) is 0.154. The molecule has 0 spiro atoms. The normalized spacial score (nSPS) is 17.3. The first-order chi connectivity index (χ1) is 15.9. The number of methoxy groups -OCH3 is 2. The van der Waals surface area contributed by atoms with Crippen molar-refractivity contribution < 1.29 is 24.2 Å². The maximum atomic E-state index is 13.4. The molecule has 0 bridgehead atoms. The van der Waals surface area contributed by atoms with Gasteiger partial charge in [-0.25, -0.2) is 0 Å². The molecule has 1 heterocycles. The highest BCUT2D eigenvalue weighted by atomic mass is 35.5. The minimum atomic E-state index is -0.877. The van der Waals surface area contributed by atoms with Gasteiger partial charge in [0, 0.05) is 10.7 Å². The van der Waals surface area contributed by atoms with Crippen LogP contribution in [0.3, 0.4) is 0 Å². The number of Topliss-reactive ketones (excluding diaryl/α,β-unsaturated/α-hetero) is 1. The number of rotatable bonds is 5. The molecular formula is C26H22ClNO5. The molecule has 6 nitrogen and oxygen atoms in total. The highest BCUT2D eigenvalue weighted by molar-refractivity contribution is 6.52. The van der Waals surface area contributed by atoms with Gasteiger partial charge in [-0.2, -0.15) is 0 Å². The van der Waals surface area contributed by atoms with Crippen LogP contribution in [-0.2, 0) is 9.59 Å². The summed E-state index contributed by atoms with van der Waals surface area (Å²) in [6.07, 6.45) is 0. The molecule has 0 radical (unpaired) electrons. The molecule has 1 aliphatic rings. The van der Waals surface area contributed by atoms with E-state index >= 15 is 0 Å². The van der Waals surface area contributed by atoms with Gasteiger partial charge in [-0.3, -0.25) is 14.5 Å². The molecule has 1 aliphatic heterocycles. The van der Waals surface area contributed by atoms with Crippen LogP contribution in [0, 0.1) is 6.92 Å². The van der Waals surface area contributed by atoms with Gasteiger partial charge >= 0.3 is 0 Å². The predicted octanol–water partition coefficient (Wildman–Crippen LogP) is 5.29. The van der Waals surface area contributed by atoms with Gasteiger partial charge in [-0.15, -0.1) is 0 Å². The number of hydrogen-bond donors (Lipinski definition) is 1. The monoisotopic (exact) mass is 463 g/mol. The van der Waals surface area contributed by atoms with Crippen molar-refractivity contribution in [2.45, 2.75) is 13.0 Å². The summed E-state index contributed by atoms with van der Waals surface area (Å²) < 4.78 is 10.8. The number of benzene rings is 3. The molecule has 1 fully saturated rings. The molecule has 0 aliphatic carbocycles. The van der Waals surface area contributed by atoms with E-state index in [1.165, 1.54) is 19.1 Å². The van der Waals surface area contributed by atoms with Crippen molar-refractivity contribution in [1.82, 2.24) is 0 Å². The van der Waals surface area contributed by atoms with Gasteiger partial charge in [-0.1, -0.05) is 54.1 Å². The quantitative estimate of drug-likeness (QED) is 0.316. The van der Waals surface area contributed by atoms with Crippen molar-refractivity contribution in [3.8, 4) is 11.5 Å². The van der Waals surface area contributed by atoms with E-state index in [2.05, 4.69) is 0 Å². The lowest BCUT2D eigenvalue weighted by Gasteiger charge is -2.27. The molecule has 3 aromatic carbocycles. The highest BCUT2D eigenvalue weighted by Gasteiger charge is 2.47. The molecule has 33 heavy (non-hydrogen) atoms. The standard InChI is InChI=1S/C26H22ClNO5/c1-15-12-13-17(27)14-18(15)28-23(16-8-5-4-6-9-16)22(25(30)26(28)31)24(29)21-19(32-2)10-7-11-20(21)33-3/h4-14,23,29H,1-3H3/b24-22+. The van der Waals surface area contributed by atoms with E-state index in [0.29, 0.717) is 27.8 Å². The third-order valence-corrected chi connectivity index (χ3v) is 5.89. The lowest BCUT2D eigenvalue weighted by atomic mass is 9.94. The third kappa shape index (κ3) is 3.83. The van der Waals surface area contributed by atoms with Crippen LogP contribution in [-0.4, -0.2) is 31.0 Å². The second kappa shape index (κ2) is 9.00. The third-order valence-electron chi connectivity index (χ3n) is 5.66. The zero-order valence-corrected chi connectivity index (χ0v) is 19.1. The Hall–Kier alpha value is -3.77. The number of aryl methyl sites for hydroxylation is 1. The van der Waals surface area contributed by atoms with Crippen molar-refractivity contribution in [3.05, 3.63) is 94.0 Å². The molecule has 7 heteroatoms. The van der Waals surface area contributed by atoms with E-state index in [1.807, 2.05) is 25.1 Å². The molecule has 168 valence electrons. The Morgan fingerprint density at radius 3 is 2.18 bits per heavy atom. The van der Waals surface area contributed by atoms with Gasteiger partial charge in [0.15, 0.2) is 0 Å². The number of halogens is 1. The van der Waals surface area contributed by atoms with Crippen LogP contribution in [0.1, 0.15) is 22.7 Å². The van der Waals surface area contributed by atoms with E-state index in [0.717, 1.165) is 5.56 Å². The number of ether oxygens (including phenoxy) is 2. The van der Waals surface area contributed by atoms with Crippen LogP contribution in [0.4, 0.5) is 5.69 Å². The van der Waals surface area contributed by atoms with Gasteiger partial charge in [-0.05, 0) is 42.3 Å². The first-order valence-corrected chi connectivity index (χ1v) is 10.6. The first kappa shape index (κ1) is 22.4. The number of aliphatic hydroxyl groups excluding tert-OH is 1. The van der Waals surface area contributed by atoms with Crippen molar-refractivity contribution in [3.63, 3.8) is 0 Å². The number of nitrogens with zero attached hydrogens (tertiary/aromatic N) is 1. The van der Waals surface area contributed by atoms with E-state index in [9.17, 15) is 14.7 Å². The van der Waals surface area contributed by atoms with E-state index < -0.39 is 17.7 Å². The van der Waals surface area contributed by atoms with Crippen LogP contribution < -0.4 is 14.4 Å². The summed E-state index contributed by atoms with van der Waals surface area (Å²) in [6.45, 7) is 1.83. The van der Waals surface area contributed by atoms with Crippen molar-refractivity contribution in [1.29, 1.82) is 0 Å². The number of carbonyl (C=O) groups excluding carboxylic acids is 2. The van der Waals surface area contributed by atoms with Crippen molar-refractivity contribution >= 4 is 34.7 Å². The lowest BCUT2D eigenvalue weighted by molar-refractivity contribution is -0.132. The van der Waals surface area contributed by atoms with Gasteiger partial charge < -0.3 is 14.6 Å². The lowest BCUT2D eigenvalue weighted by Crippen LogP contribution is -2.30. The summed E-state index contributed by atoms with van der Waals surface area (Å²) in [4.78, 5) is 28.1. The molecule has 1 atom stereocenters. The number of ketones is 1. The Balaban J connectivity index is 2.03. The Kier molecular flexibility index (Phi) is 6.11. The molecule has 1 saturated heterocycles. The Bertz CT molecular complexity index is 1250. The smallest absolute Gasteiger partial charge is 0.300 e. The number of aliphatic hydroxyl groups is 1. The Morgan fingerprint density at radius 2 is 1.58 bits per heavy atom. The fourth-order valence-electron chi connectivity index (χ4n) is 4.09. The number of anilines is 1. The topological polar surface area (TPSA) is 76.1 Å². The van der Waals surface area contributed by atoms with E-state index in [4.69, 9.17) is 21.1 Å². The molecule has 4 rings (SSSR count). The SMILES string of the molecule is COc1cccc(OC)c1/C(O)=C1\C(=O)C(=O)N(c2cc(Cl)ccc2C)C1c1ccccc1. The Morgan fingerprint density at radius 1 is 0.939 bits per heavy atom. The molecule has 0 aromatic heterocycles. The van der Waals surface area contributed by atoms with Crippen molar-refractivity contribution in [2.24, 2.45) is 0 Å². The van der Waals surface area contributed by atoms with Gasteiger partial charge in [0.05, 0.1) is 25.8 Å². The molecule has 0 saturated carbocycles. The molecular weight excluding hydrogens is 442 g/mol. The maximum absolute atomic E-state index is 13.4. The average Bonchev–Trinajstić information content (AvgIpc) is 3.10. The largest absolute Gasteiger partial charge is 0.506 e. The summed E-state index contributed by atoms with van der Waals surface area (Å²) >= 11 is 6.23. The number of hydrogen-bond acceptors (Lipinski definition) is 5. The van der Waals surface area contributed by atoms with Crippen LogP contribution in [0.5, 0.6) is 11.5 Å². The zero-order valence-electron chi connectivity index (χ0n) is 18.3. The first-order valence-electron chi connectivity index (χ1n) is 10.2. The molecule has 1 amide bonds. The van der Waals surface area contributed by atoms with E-state index in [1.54, 1.807) is 48.5 Å².